The fourth-order valence-corrected chi connectivity index (χ4v) is 1.97. The monoisotopic (exact) mass is 243 g/mol. The Morgan fingerprint density at radius 2 is 2.00 bits per heavy atom. The lowest BCUT2D eigenvalue weighted by Crippen LogP contribution is -2.47. The maximum atomic E-state index is 11.9. The number of rotatable bonds is 4. The molecule has 1 unspecified atom stereocenters. The van der Waals surface area contributed by atoms with Crippen LogP contribution in [0, 0.1) is 5.92 Å². The van der Waals surface area contributed by atoms with Gasteiger partial charge in [0, 0.05) is 7.05 Å². The predicted molar refractivity (Wildman–Crippen MR) is 66.8 cm³/mol. The quantitative estimate of drug-likeness (QED) is 0.825. The smallest absolute Gasteiger partial charge is 0.410 e. The molecule has 0 saturated heterocycles. The Bertz CT molecular complexity index is 268. The van der Waals surface area contributed by atoms with Gasteiger partial charge in [-0.2, -0.15) is 0 Å². The van der Waals surface area contributed by atoms with Gasteiger partial charge in [-0.1, -0.05) is 6.92 Å². The molecule has 4 heteroatoms. The molecule has 17 heavy (non-hydrogen) atoms. The number of amides is 1. The summed E-state index contributed by atoms with van der Waals surface area (Å²) in [6.45, 7) is 7.52. The highest BCUT2D eigenvalue weighted by Crippen LogP contribution is 2.35. The van der Waals surface area contributed by atoms with E-state index in [9.17, 15) is 9.90 Å². The van der Waals surface area contributed by atoms with Crippen molar-refractivity contribution in [3.63, 3.8) is 0 Å². The molecule has 0 aromatic rings. The van der Waals surface area contributed by atoms with E-state index in [1.54, 1.807) is 7.05 Å². The maximum Gasteiger partial charge on any atom is 0.410 e. The van der Waals surface area contributed by atoms with Crippen LogP contribution in [0.4, 0.5) is 4.79 Å². The van der Waals surface area contributed by atoms with Crippen molar-refractivity contribution < 1.29 is 14.6 Å². The molecule has 1 aliphatic rings. The van der Waals surface area contributed by atoms with E-state index in [1.165, 1.54) is 4.90 Å². The summed E-state index contributed by atoms with van der Waals surface area (Å²) in [7, 11) is 1.70. The first-order valence-corrected chi connectivity index (χ1v) is 6.40. The second-order valence-electron chi connectivity index (χ2n) is 5.89. The highest BCUT2D eigenvalue weighted by molar-refractivity contribution is 5.68. The first-order chi connectivity index (χ1) is 7.76. The number of hydrogen-bond acceptors (Lipinski definition) is 3. The highest BCUT2D eigenvalue weighted by atomic mass is 16.6. The lowest BCUT2D eigenvalue weighted by molar-refractivity contribution is -0.00310. The first kappa shape index (κ1) is 14.3. The number of likely N-dealkylation sites (N-methyl/N-ethyl adjacent to an activating group) is 1. The summed E-state index contributed by atoms with van der Waals surface area (Å²) in [5.41, 5.74) is -0.492. The van der Waals surface area contributed by atoms with Crippen molar-refractivity contribution in [3.05, 3.63) is 0 Å². The van der Waals surface area contributed by atoms with Crippen molar-refractivity contribution in [1.82, 2.24) is 4.90 Å². The molecule has 1 rings (SSSR count). The van der Waals surface area contributed by atoms with Gasteiger partial charge < -0.3 is 14.7 Å². The van der Waals surface area contributed by atoms with Crippen LogP contribution >= 0.6 is 0 Å². The van der Waals surface area contributed by atoms with Gasteiger partial charge in [0.25, 0.3) is 0 Å². The number of carbonyl (C=O) groups is 1. The van der Waals surface area contributed by atoms with Gasteiger partial charge in [0.2, 0.25) is 0 Å². The van der Waals surface area contributed by atoms with Gasteiger partial charge in [0.15, 0.2) is 0 Å². The molecular weight excluding hydrogens is 218 g/mol. The SMILES string of the molecule is CC[C@@H](C(O)C1CC1)N(C)C(=O)OC(C)(C)C. The van der Waals surface area contributed by atoms with Gasteiger partial charge in [0.1, 0.15) is 5.60 Å². The molecule has 1 saturated carbocycles. The maximum absolute atomic E-state index is 11.9. The standard InChI is InChI=1S/C13H25NO3/c1-6-10(11(15)9-7-8-9)14(5)12(16)17-13(2,3)4/h9-11,15H,6-8H2,1-5H3/t10-,11?/m0/s1. The van der Waals surface area contributed by atoms with E-state index >= 15 is 0 Å². The molecule has 0 radical (unpaired) electrons. The summed E-state index contributed by atoms with van der Waals surface area (Å²) in [4.78, 5) is 13.4. The zero-order valence-electron chi connectivity index (χ0n) is 11.6. The molecule has 1 amide bonds. The summed E-state index contributed by atoms with van der Waals surface area (Å²) in [6.07, 6.45) is 2.11. The molecule has 100 valence electrons. The molecule has 2 atom stereocenters. The normalized spacial score (nSPS) is 19.6. The zero-order valence-corrected chi connectivity index (χ0v) is 11.6. The molecule has 0 spiro atoms. The van der Waals surface area contributed by atoms with E-state index in [1.807, 2.05) is 27.7 Å². The van der Waals surface area contributed by atoms with Gasteiger partial charge in [0.05, 0.1) is 12.1 Å². The molecule has 0 bridgehead atoms. The average molecular weight is 243 g/mol. The van der Waals surface area contributed by atoms with Crippen LogP contribution in [-0.2, 0) is 4.74 Å². The lowest BCUT2D eigenvalue weighted by atomic mass is 10.0. The number of hydrogen-bond donors (Lipinski definition) is 1. The summed E-state index contributed by atoms with van der Waals surface area (Å²) < 4.78 is 5.31. The minimum Gasteiger partial charge on any atom is -0.444 e. The number of aliphatic hydroxyl groups is 1. The molecule has 0 aromatic heterocycles. The molecule has 0 aliphatic heterocycles. The van der Waals surface area contributed by atoms with E-state index in [0.717, 1.165) is 19.3 Å². The minimum absolute atomic E-state index is 0.141. The molecule has 0 heterocycles. The van der Waals surface area contributed by atoms with Crippen molar-refractivity contribution in [1.29, 1.82) is 0 Å². The van der Waals surface area contributed by atoms with E-state index in [-0.39, 0.29) is 12.1 Å². The second kappa shape index (κ2) is 5.25. The van der Waals surface area contributed by atoms with Crippen LogP contribution in [0.2, 0.25) is 0 Å². The van der Waals surface area contributed by atoms with Crippen molar-refractivity contribution in [3.8, 4) is 0 Å². The highest BCUT2D eigenvalue weighted by Gasteiger charge is 2.38. The van der Waals surface area contributed by atoms with E-state index in [0.29, 0.717) is 5.92 Å². The Hall–Kier alpha value is -0.770. The van der Waals surface area contributed by atoms with Crippen molar-refractivity contribution in [2.24, 2.45) is 5.92 Å². The Balaban J connectivity index is 2.58. The van der Waals surface area contributed by atoms with Crippen LogP contribution in [0.3, 0.4) is 0 Å². The van der Waals surface area contributed by atoms with Crippen molar-refractivity contribution in [2.75, 3.05) is 7.05 Å². The summed E-state index contributed by atoms with van der Waals surface area (Å²) in [6, 6.07) is -0.141. The molecule has 1 aliphatic carbocycles. The van der Waals surface area contributed by atoms with E-state index in [2.05, 4.69) is 0 Å². The molecule has 1 fully saturated rings. The Kier molecular flexibility index (Phi) is 4.42. The van der Waals surface area contributed by atoms with E-state index < -0.39 is 11.7 Å². The van der Waals surface area contributed by atoms with Crippen LogP contribution in [0.5, 0.6) is 0 Å². The van der Waals surface area contributed by atoms with Crippen LogP contribution in [0.25, 0.3) is 0 Å². The Morgan fingerprint density at radius 1 is 1.47 bits per heavy atom. The average Bonchev–Trinajstić information content (AvgIpc) is 2.98. The number of ether oxygens (including phenoxy) is 1. The van der Waals surface area contributed by atoms with Gasteiger partial charge >= 0.3 is 6.09 Å². The second-order valence-corrected chi connectivity index (χ2v) is 5.89. The fraction of sp³-hybridized carbons (Fsp3) is 0.923. The zero-order chi connectivity index (χ0) is 13.2. The summed E-state index contributed by atoms with van der Waals surface area (Å²) >= 11 is 0. The predicted octanol–water partition coefficient (Wildman–Crippen LogP) is 2.40. The summed E-state index contributed by atoms with van der Waals surface area (Å²) in [5, 5.41) is 10.1. The topological polar surface area (TPSA) is 49.8 Å². The summed E-state index contributed by atoms with van der Waals surface area (Å²) in [5.74, 6) is 0.366. The minimum atomic E-state index is -0.492. The Morgan fingerprint density at radius 3 is 2.35 bits per heavy atom. The molecule has 1 N–H and O–H groups in total. The molecule has 0 aromatic carbocycles. The lowest BCUT2D eigenvalue weighted by Gasteiger charge is -2.33. The number of aliphatic hydroxyl groups excluding tert-OH is 1. The number of carbonyl (C=O) groups excluding carboxylic acids is 1. The third kappa shape index (κ3) is 4.19. The molecule has 4 nitrogen and oxygen atoms in total. The fourth-order valence-electron chi connectivity index (χ4n) is 1.97. The largest absolute Gasteiger partial charge is 0.444 e. The third-order valence-electron chi connectivity index (χ3n) is 3.10. The van der Waals surface area contributed by atoms with Crippen molar-refractivity contribution >= 4 is 6.09 Å². The number of nitrogens with zero attached hydrogens (tertiary/aromatic N) is 1. The third-order valence-corrected chi connectivity index (χ3v) is 3.10. The van der Waals surface area contributed by atoms with Gasteiger partial charge in [-0.05, 0) is 46.0 Å². The van der Waals surface area contributed by atoms with Crippen molar-refractivity contribution in [2.45, 2.75) is 64.7 Å². The Labute approximate surface area is 104 Å². The van der Waals surface area contributed by atoms with Crippen LogP contribution in [-0.4, -0.2) is 40.9 Å². The molecular formula is C13H25NO3. The van der Waals surface area contributed by atoms with E-state index in [4.69, 9.17) is 4.74 Å². The van der Waals surface area contributed by atoms with Gasteiger partial charge in [-0.25, -0.2) is 4.79 Å². The van der Waals surface area contributed by atoms with Crippen LogP contribution < -0.4 is 0 Å². The van der Waals surface area contributed by atoms with Crippen LogP contribution in [0.15, 0.2) is 0 Å². The van der Waals surface area contributed by atoms with Crippen LogP contribution in [0.1, 0.15) is 47.0 Å². The first-order valence-electron chi connectivity index (χ1n) is 6.40. The van der Waals surface area contributed by atoms with Gasteiger partial charge in [-0.15, -0.1) is 0 Å². The van der Waals surface area contributed by atoms with Gasteiger partial charge in [-0.3, -0.25) is 0 Å².